The molecule has 0 radical (unpaired) electrons. The molecule has 7 heteroatoms. The number of aliphatic carboxylic acids is 2. The van der Waals surface area contributed by atoms with Crippen LogP contribution in [-0.4, -0.2) is 34.6 Å². The number of aryl methyl sites for hydroxylation is 1. The maximum atomic E-state index is 11.1. The second kappa shape index (κ2) is 8.70. The van der Waals surface area contributed by atoms with Crippen LogP contribution in [0.5, 0.6) is 0 Å². The number of hydrogen-bond donors (Lipinski definition) is 4. The summed E-state index contributed by atoms with van der Waals surface area (Å²) in [6, 6.07) is 3.77. The molecule has 0 aliphatic carbocycles. The van der Waals surface area contributed by atoms with E-state index in [2.05, 4.69) is 0 Å². The van der Waals surface area contributed by atoms with Crippen LogP contribution in [0.1, 0.15) is 33.5 Å². The van der Waals surface area contributed by atoms with Crippen molar-refractivity contribution in [2.75, 3.05) is 6.54 Å². The van der Waals surface area contributed by atoms with Gasteiger partial charge < -0.3 is 21.7 Å². The predicted octanol–water partition coefficient (Wildman–Crippen LogP) is 0.449. The molecule has 0 heterocycles. The molecule has 6 N–H and O–H groups in total. The summed E-state index contributed by atoms with van der Waals surface area (Å²) >= 11 is 0. The Kier molecular flexibility index (Phi) is 7.70. The molecule has 0 fully saturated rings. The number of carbonyl (C=O) groups is 3. The summed E-state index contributed by atoms with van der Waals surface area (Å²) in [6.07, 6.45) is 1.93. The molecule has 0 saturated carbocycles. The second-order valence-corrected chi connectivity index (χ2v) is 4.39. The van der Waals surface area contributed by atoms with Crippen molar-refractivity contribution in [3.63, 3.8) is 0 Å². The molecule has 1 aromatic carbocycles. The summed E-state index contributed by atoms with van der Waals surface area (Å²) in [5, 5.41) is 14.8. The molecule has 116 valence electrons. The molecular formula is C14H20N2O5. The van der Waals surface area contributed by atoms with Gasteiger partial charge in [0.15, 0.2) is 0 Å². The Morgan fingerprint density at radius 3 is 1.95 bits per heavy atom. The van der Waals surface area contributed by atoms with Gasteiger partial charge in [-0.25, -0.2) is 9.59 Å². The standard InChI is InChI=1S/C12H18N2O.C2H2O4/c1-8-9(2)11(12(14)15)6-5-10(8)4-3-7-13;3-1(4)2(5)6/h5-6H,3-4,7,13H2,1-2H3,(H2,14,15);(H,3,4)(H,5,6). The van der Waals surface area contributed by atoms with Gasteiger partial charge in [-0.1, -0.05) is 6.07 Å². The van der Waals surface area contributed by atoms with Crippen LogP contribution in [0.25, 0.3) is 0 Å². The van der Waals surface area contributed by atoms with Crippen LogP contribution in [0.2, 0.25) is 0 Å². The number of carbonyl (C=O) groups excluding carboxylic acids is 1. The summed E-state index contributed by atoms with van der Waals surface area (Å²) < 4.78 is 0. The fourth-order valence-corrected chi connectivity index (χ4v) is 1.71. The average molecular weight is 296 g/mol. The Hall–Kier alpha value is -2.41. The fraction of sp³-hybridized carbons (Fsp3) is 0.357. The first kappa shape index (κ1) is 18.6. The number of rotatable bonds is 4. The van der Waals surface area contributed by atoms with Crippen LogP contribution >= 0.6 is 0 Å². The summed E-state index contributed by atoms with van der Waals surface area (Å²) in [6.45, 7) is 4.64. The minimum Gasteiger partial charge on any atom is -0.473 e. The number of carboxylic acid groups (broad SMARTS) is 2. The maximum absolute atomic E-state index is 11.1. The van der Waals surface area contributed by atoms with E-state index < -0.39 is 11.9 Å². The zero-order chi connectivity index (χ0) is 16.6. The molecule has 7 nitrogen and oxygen atoms in total. The minimum atomic E-state index is -1.82. The van der Waals surface area contributed by atoms with Crippen LogP contribution in [0.4, 0.5) is 0 Å². The van der Waals surface area contributed by atoms with E-state index in [4.69, 9.17) is 31.3 Å². The van der Waals surface area contributed by atoms with Crippen LogP contribution in [0, 0.1) is 13.8 Å². The molecule has 0 aliphatic rings. The summed E-state index contributed by atoms with van der Waals surface area (Å²) in [7, 11) is 0. The molecule has 0 spiro atoms. The van der Waals surface area contributed by atoms with E-state index in [-0.39, 0.29) is 5.91 Å². The topological polar surface area (TPSA) is 144 Å². The van der Waals surface area contributed by atoms with Gasteiger partial charge in [0.1, 0.15) is 0 Å². The van der Waals surface area contributed by atoms with Crippen molar-refractivity contribution < 1.29 is 24.6 Å². The Morgan fingerprint density at radius 1 is 1.05 bits per heavy atom. The van der Waals surface area contributed by atoms with Crippen molar-refractivity contribution in [2.24, 2.45) is 11.5 Å². The number of nitrogens with two attached hydrogens (primary N) is 2. The van der Waals surface area contributed by atoms with Gasteiger partial charge in [-0.2, -0.15) is 0 Å². The van der Waals surface area contributed by atoms with Crippen molar-refractivity contribution in [3.05, 3.63) is 34.4 Å². The first-order chi connectivity index (χ1) is 9.72. The highest BCUT2D eigenvalue weighted by molar-refractivity contribution is 6.27. The van der Waals surface area contributed by atoms with Crippen molar-refractivity contribution >= 4 is 17.8 Å². The fourth-order valence-electron chi connectivity index (χ4n) is 1.71. The highest BCUT2D eigenvalue weighted by atomic mass is 16.4. The first-order valence-electron chi connectivity index (χ1n) is 6.27. The quantitative estimate of drug-likeness (QED) is 0.594. The number of primary amides is 1. The molecule has 1 aromatic rings. The predicted molar refractivity (Wildman–Crippen MR) is 77.1 cm³/mol. The van der Waals surface area contributed by atoms with E-state index in [9.17, 15) is 4.79 Å². The highest BCUT2D eigenvalue weighted by Gasteiger charge is 2.09. The van der Waals surface area contributed by atoms with Crippen LogP contribution < -0.4 is 11.5 Å². The highest BCUT2D eigenvalue weighted by Crippen LogP contribution is 2.18. The van der Waals surface area contributed by atoms with E-state index >= 15 is 0 Å². The van der Waals surface area contributed by atoms with Gasteiger partial charge >= 0.3 is 11.9 Å². The largest absolute Gasteiger partial charge is 0.473 e. The number of benzene rings is 1. The monoisotopic (exact) mass is 296 g/mol. The molecule has 0 aromatic heterocycles. The van der Waals surface area contributed by atoms with Gasteiger partial charge in [0.2, 0.25) is 5.91 Å². The molecule has 1 rings (SSSR count). The van der Waals surface area contributed by atoms with Crippen LogP contribution in [0.3, 0.4) is 0 Å². The van der Waals surface area contributed by atoms with Gasteiger partial charge in [0.25, 0.3) is 0 Å². The van der Waals surface area contributed by atoms with Crippen molar-refractivity contribution in [1.82, 2.24) is 0 Å². The molecule has 0 aliphatic heterocycles. The summed E-state index contributed by atoms with van der Waals surface area (Å²) in [5.74, 6) is -4.01. The van der Waals surface area contributed by atoms with Crippen molar-refractivity contribution in [1.29, 1.82) is 0 Å². The molecule has 0 bridgehead atoms. The Morgan fingerprint density at radius 2 is 1.57 bits per heavy atom. The summed E-state index contributed by atoms with van der Waals surface area (Å²) in [4.78, 5) is 29.3. The first-order valence-corrected chi connectivity index (χ1v) is 6.27. The third kappa shape index (κ3) is 6.05. The van der Waals surface area contributed by atoms with Gasteiger partial charge in [-0.05, 0) is 56.0 Å². The summed E-state index contributed by atoms with van der Waals surface area (Å²) in [5.41, 5.74) is 14.7. The lowest BCUT2D eigenvalue weighted by Crippen LogP contribution is -2.14. The van der Waals surface area contributed by atoms with E-state index in [1.54, 1.807) is 6.07 Å². The lowest BCUT2D eigenvalue weighted by Gasteiger charge is -2.11. The van der Waals surface area contributed by atoms with Crippen molar-refractivity contribution in [3.8, 4) is 0 Å². The van der Waals surface area contributed by atoms with E-state index in [1.165, 1.54) is 5.56 Å². The van der Waals surface area contributed by atoms with Crippen LogP contribution in [-0.2, 0) is 16.0 Å². The zero-order valence-corrected chi connectivity index (χ0v) is 12.0. The molecule has 21 heavy (non-hydrogen) atoms. The number of carboxylic acids is 2. The second-order valence-electron chi connectivity index (χ2n) is 4.39. The Balaban J connectivity index is 0.000000567. The van der Waals surface area contributed by atoms with Gasteiger partial charge in [-0.15, -0.1) is 0 Å². The third-order valence-electron chi connectivity index (χ3n) is 3.00. The Labute approximate surface area is 122 Å². The average Bonchev–Trinajstić information content (AvgIpc) is 2.40. The molecule has 0 atom stereocenters. The van der Waals surface area contributed by atoms with E-state index in [1.807, 2.05) is 19.9 Å². The molecular weight excluding hydrogens is 276 g/mol. The van der Waals surface area contributed by atoms with Gasteiger partial charge in [0.05, 0.1) is 0 Å². The number of hydrogen-bond acceptors (Lipinski definition) is 4. The lowest BCUT2D eigenvalue weighted by atomic mass is 9.95. The minimum absolute atomic E-state index is 0.360. The Bertz CT molecular complexity index is 528. The molecule has 0 unspecified atom stereocenters. The number of amides is 1. The molecule has 1 amide bonds. The maximum Gasteiger partial charge on any atom is 0.414 e. The normalized spacial score (nSPS) is 9.48. The smallest absolute Gasteiger partial charge is 0.414 e. The van der Waals surface area contributed by atoms with E-state index in [0.717, 1.165) is 24.0 Å². The van der Waals surface area contributed by atoms with E-state index in [0.29, 0.717) is 12.1 Å². The zero-order valence-electron chi connectivity index (χ0n) is 12.0. The van der Waals surface area contributed by atoms with Gasteiger partial charge in [-0.3, -0.25) is 4.79 Å². The third-order valence-corrected chi connectivity index (χ3v) is 3.00. The van der Waals surface area contributed by atoms with Crippen molar-refractivity contribution in [2.45, 2.75) is 26.7 Å². The lowest BCUT2D eigenvalue weighted by molar-refractivity contribution is -0.159. The SMILES string of the molecule is Cc1c(CCCN)ccc(C(N)=O)c1C.O=C(O)C(=O)O. The molecule has 0 saturated heterocycles. The van der Waals surface area contributed by atoms with Crippen LogP contribution in [0.15, 0.2) is 12.1 Å². The van der Waals surface area contributed by atoms with Gasteiger partial charge in [0, 0.05) is 5.56 Å².